The highest BCUT2D eigenvalue weighted by atomic mass is 16.5. The third-order valence-electron chi connectivity index (χ3n) is 4.97. The number of nitrogens with one attached hydrogen (secondary N) is 2. The molecule has 1 saturated heterocycles. The molecule has 2 N–H and O–H groups in total. The fourth-order valence-corrected chi connectivity index (χ4v) is 3.44. The quantitative estimate of drug-likeness (QED) is 0.510. The number of fused-ring (bicyclic) bond motifs is 1. The van der Waals surface area contributed by atoms with E-state index in [1.807, 2.05) is 24.3 Å². The van der Waals surface area contributed by atoms with Crippen LogP contribution in [0.5, 0.6) is 0 Å². The minimum absolute atomic E-state index is 0.114. The van der Waals surface area contributed by atoms with Gasteiger partial charge in [0, 0.05) is 43.4 Å². The molecule has 2 heterocycles. The first-order chi connectivity index (χ1) is 14.5. The van der Waals surface area contributed by atoms with Crippen LogP contribution >= 0.6 is 0 Å². The monoisotopic (exact) mass is 410 g/mol. The lowest BCUT2D eigenvalue weighted by Crippen LogP contribution is -2.43. The molecule has 1 aliphatic rings. The van der Waals surface area contributed by atoms with Gasteiger partial charge in [0.05, 0.1) is 13.0 Å². The van der Waals surface area contributed by atoms with E-state index in [-0.39, 0.29) is 25.1 Å². The predicted octanol–water partition coefficient (Wildman–Crippen LogP) is 0.482. The Labute approximate surface area is 175 Å². The summed E-state index contributed by atoms with van der Waals surface area (Å²) in [5.74, 6) is 1.44. The number of carbonyl (C=O) groups excluding carboxylic acids is 2. The van der Waals surface area contributed by atoms with Crippen molar-refractivity contribution in [2.75, 3.05) is 37.7 Å². The van der Waals surface area contributed by atoms with Crippen molar-refractivity contribution in [3.05, 3.63) is 40.8 Å². The van der Waals surface area contributed by atoms with Crippen LogP contribution in [-0.4, -0.2) is 55.3 Å². The Balaban J connectivity index is 1.74. The normalized spacial score (nSPS) is 14.7. The molecule has 158 valence electrons. The van der Waals surface area contributed by atoms with Gasteiger partial charge in [0.2, 0.25) is 5.91 Å². The highest BCUT2D eigenvalue weighted by molar-refractivity contribution is 5.85. The van der Waals surface area contributed by atoms with E-state index < -0.39 is 17.9 Å². The maximum absolute atomic E-state index is 13.0. The number of rotatable bonds is 7. The third kappa shape index (κ3) is 5.19. The summed E-state index contributed by atoms with van der Waals surface area (Å²) in [6.07, 6.45) is 6.87. The number of aromatic nitrogens is 1. The summed E-state index contributed by atoms with van der Waals surface area (Å²) >= 11 is 0. The topological polar surface area (TPSA) is 92.7 Å². The second kappa shape index (κ2) is 9.94. The average Bonchev–Trinajstić information content (AvgIpc) is 2.76. The number of hydrogen-bond donors (Lipinski definition) is 2. The van der Waals surface area contributed by atoms with Gasteiger partial charge in [-0.05, 0) is 30.5 Å². The second-order valence-electron chi connectivity index (χ2n) is 7.05. The molecule has 8 nitrogen and oxygen atoms in total. The number of hydrogen-bond acceptors (Lipinski definition) is 6. The van der Waals surface area contributed by atoms with E-state index in [4.69, 9.17) is 11.2 Å². The van der Waals surface area contributed by atoms with Crippen LogP contribution in [0.2, 0.25) is 0 Å². The van der Waals surface area contributed by atoms with Crippen molar-refractivity contribution in [3.8, 4) is 12.3 Å². The molecule has 3 rings (SSSR count). The van der Waals surface area contributed by atoms with Gasteiger partial charge in [-0.25, -0.2) is 0 Å². The maximum Gasteiger partial charge on any atom is 0.308 e. The van der Waals surface area contributed by atoms with Crippen LogP contribution in [0.3, 0.4) is 0 Å². The van der Waals surface area contributed by atoms with Crippen molar-refractivity contribution in [3.63, 3.8) is 0 Å². The van der Waals surface area contributed by atoms with Crippen molar-refractivity contribution in [1.82, 2.24) is 15.2 Å². The van der Waals surface area contributed by atoms with E-state index in [1.165, 1.54) is 4.57 Å². The fourth-order valence-electron chi connectivity index (χ4n) is 3.44. The van der Waals surface area contributed by atoms with Crippen LogP contribution in [0.1, 0.15) is 13.3 Å². The molecule has 0 bridgehead atoms. The zero-order valence-electron chi connectivity index (χ0n) is 17.0. The summed E-state index contributed by atoms with van der Waals surface area (Å²) in [5.41, 5.74) is 0.743. The smallest absolute Gasteiger partial charge is 0.308 e. The van der Waals surface area contributed by atoms with Crippen molar-refractivity contribution < 1.29 is 14.3 Å². The summed E-state index contributed by atoms with van der Waals surface area (Å²) in [7, 11) is 0. The molecule has 30 heavy (non-hydrogen) atoms. The highest BCUT2D eigenvalue weighted by Crippen LogP contribution is 2.20. The number of benzene rings is 1. The zero-order valence-corrected chi connectivity index (χ0v) is 17.0. The van der Waals surface area contributed by atoms with Crippen LogP contribution in [-0.2, 0) is 20.9 Å². The SMILES string of the molecule is C#C[C@H](CC(=O)OCC)NC(=O)Cn1ccc2ccc(N3CCNCC3)cc2c1=O. The van der Waals surface area contributed by atoms with Crippen LogP contribution in [0, 0.1) is 12.3 Å². The van der Waals surface area contributed by atoms with Crippen molar-refractivity contribution in [2.45, 2.75) is 25.9 Å². The Hall–Kier alpha value is -3.31. The Morgan fingerprint density at radius 1 is 1.30 bits per heavy atom. The van der Waals surface area contributed by atoms with Gasteiger partial charge in [-0.2, -0.15) is 0 Å². The van der Waals surface area contributed by atoms with Gasteiger partial charge in [-0.3, -0.25) is 14.4 Å². The van der Waals surface area contributed by atoms with Crippen LogP contribution in [0.4, 0.5) is 5.69 Å². The average molecular weight is 410 g/mol. The molecular formula is C22H26N4O4. The molecular weight excluding hydrogens is 384 g/mol. The van der Waals surface area contributed by atoms with E-state index >= 15 is 0 Å². The number of terminal acetylenes is 1. The largest absolute Gasteiger partial charge is 0.466 e. The van der Waals surface area contributed by atoms with Gasteiger partial charge in [0.1, 0.15) is 12.6 Å². The first kappa shape index (κ1) is 21.4. The van der Waals surface area contributed by atoms with E-state index in [9.17, 15) is 14.4 Å². The predicted molar refractivity (Wildman–Crippen MR) is 115 cm³/mol. The minimum atomic E-state index is -0.785. The van der Waals surface area contributed by atoms with Crippen molar-refractivity contribution in [2.24, 2.45) is 0 Å². The van der Waals surface area contributed by atoms with Gasteiger partial charge < -0.3 is 24.8 Å². The molecule has 1 fully saturated rings. The number of piperazine rings is 1. The van der Waals surface area contributed by atoms with Gasteiger partial charge in [0.15, 0.2) is 0 Å². The second-order valence-corrected chi connectivity index (χ2v) is 7.05. The third-order valence-corrected chi connectivity index (χ3v) is 4.97. The summed E-state index contributed by atoms with van der Waals surface area (Å²) in [6, 6.07) is 6.83. The van der Waals surface area contributed by atoms with Gasteiger partial charge in [-0.1, -0.05) is 12.0 Å². The van der Waals surface area contributed by atoms with E-state index in [0.29, 0.717) is 5.39 Å². The highest BCUT2D eigenvalue weighted by Gasteiger charge is 2.16. The molecule has 0 radical (unpaired) electrons. The molecule has 0 aliphatic carbocycles. The van der Waals surface area contributed by atoms with Crippen LogP contribution < -0.4 is 21.1 Å². The molecule has 1 aliphatic heterocycles. The lowest BCUT2D eigenvalue weighted by atomic mass is 10.1. The molecule has 1 amide bonds. The number of amides is 1. The van der Waals surface area contributed by atoms with Crippen LogP contribution in [0.15, 0.2) is 35.3 Å². The molecule has 8 heteroatoms. The van der Waals surface area contributed by atoms with Gasteiger partial charge >= 0.3 is 5.97 Å². The number of nitrogens with zero attached hydrogens (tertiary/aromatic N) is 2. The fraction of sp³-hybridized carbons (Fsp3) is 0.409. The van der Waals surface area contributed by atoms with Crippen LogP contribution in [0.25, 0.3) is 10.8 Å². The summed E-state index contributed by atoms with van der Waals surface area (Å²) in [5, 5.41) is 7.28. The zero-order chi connectivity index (χ0) is 21.5. The lowest BCUT2D eigenvalue weighted by molar-refractivity contribution is -0.143. The Morgan fingerprint density at radius 2 is 2.07 bits per heavy atom. The molecule has 1 atom stereocenters. The molecule has 1 aromatic carbocycles. The maximum atomic E-state index is 13.0. The minimum Gasteiger partial charge on any atom is -0.466 e. The first-order valence-corrected chi connectivity index (χ1v) is 10.0. The van der Waals surface area contributed by atoms with Crippen molar-refractivity contribution in [1.29, 1.82) is 0 Å². The standard InChI is InChI=1S/C22H26N4O4/c1-3-17(13-21(28)30-4-2)24-20(27)15-26-10-7-16-5-6-18(14-19(16)22(26)29)25-11-8-23-9-12-25/h1,5-7,10,14,17,23H,4,8-9,11-13,15H2,2H3,(H,24,27)/t17-/m1/s1. The summed E-state index contributed by atoms with van der Waals surface area (Å²) in [6.45, 7) is 5.31. The molecule has 0 saturated carbocycles. The molecule has 2 aromatic rings. The number of carbonyl (C=O) groups is 2. The number of pyridine rings is 1. The Bertz CT molecular complexity index is 1020. The number of esters is 1. The van der Waals surface area contributed by atoms with E-state index in [0.717, 1.165) is 37.3 Å². The first-order valence-electron chi connectivity index (χ1n) is 10.0. The van der Waals surface area contributed by atoms with Gasteiger partial charge in [-0.15, -0.1) is 6.42 Å². The lowest BCUT2D eigenvalue weighted by Gasteiger charge is -2.29. The van der Waals surface area contributed by atoms with E-state index in [2.05, 4.69) is 21.5 Å². The van der Waals surface area contributed by atoms with E-state index in [1.54, 1.807) is 13.1 Å². The Kier molecular flexibility index (Phi) is 7.09. The summed E-state index contributed by atoms with van der Waals surface area (Å²) < 4.78 is 6.20. The number of anilines is 1. The Morgan fingerprint density at radius 3 is 2.77 bits per heavy atom. The summed E-state index contributed by atoms with van der Waals surface area (Å²) in [4.78, 5) is 39.2. The molecule has 0 spiro atoms. The molecule has 0 unspecified atom stereocenters. The van der Waals surface area contributed by atoms with Crippen molar-refractivity contribution >= 4 is 28.3 Å². The van der Waals surface area contributed by atoms with Gasteiger partial charge in [0.25, 0.3) is 5.56 Å². The molecule has 1 aromatic heterocycles. The number of ether oxygens (including phenoxy) is 1.